The van der Waals surface area contributed by atoms with Gasteiger partial charge in [0.1, 0.15) is 5.82 Å². The number of aryl methyl sites for hydroxylation is 2. The SMILES string of the molecule is CCc1cc(C(N)Cc2cccc(Cl)c2F)n(C)n1. The molecule has 102 valence electrons. The number of hydrogen-bond acceptors (Lipinski definition) is 2. The first-order valence-electron chi connectivity index (χ1n) is 6.24. The van der Waals surface area contributed by atoms with E-state index in [0.717, 1.165) is 17.8 Å². The van der Waals surface area contributed by atoms with Crippen LogP contribution in [0.3, 0.4) is 0 Å². The van der Waals surface area contributed by atoms with Crippen LogP contribution in [0.1, 0.15) is 29.9 Å². The third-order valence-corrected chi connectivity index (χ3v) is 3.47. The number of halogens is 2. The first kappa shape index (κ1) is 14.0. The summed E-state index contributed by atoms with van der Waals surface area (Å²) in [6.45, 7) is 2.04. The summed E-state index contributed by atoms with van der Waals surface area (Å²) in [7, 11) is 1.85. The maximum atomic E-state index is 13.8. The normalized spacial score (nSPS) is 12.7. The molecule has 1 atom stereocenters. The Labute approximate surface area is 117 Å². The Morgan fingerprint density at radius 2 is 2.21 bits per heavy atom. The quantitative estimate of drug-likeness (QED) is 0.936. The summed E-state index contributed by atoms with van der Waals surface area (Å²) in [6.07, 6.45) is 1.25. The molecule has 0 fully saturated rings. The number of rotatable bonds is 4. The molecule has 1 heterocycles. The minimum Gasteiger partial charge on any atom is -0.322 e. The van der Waals surface area contributed by atoms with Crippen molar-refractivity contribution in [3.8, 4) is 0 Å². The van der Waals surface area contributed by atoms with Gasteiger partial charge in [0, 0.05) is 7.05 Å². The second-order valence-corrected chi connectivity index (χ2v) is 4.97. The lowest BCUT2D eigenvalue weighted by Crippen LogP contribution is -2.17. The zero-order valence-corrected chi connectivity index (χ0v) is 11.8. The van der Waals surface area contributed by atoms with Crippen LogP contribution in [0.2, 0.25) is 5.02 Å². The van der Waals surface area contributed by atoms with Gasteiger partial charge in [-0.2, -0.15) is 5.10 Å². The summed E-state index contributed by atoms with van der Waals surface area (Å²) < 4.78 is 15.6. The van der Waals surface area contributed by atoms with E-state index in [0.29, 0.717) is 12.0 Å². The molecular weight excluding hydrogens is 265 g/mol. The van der Waals surface area contributed by atoms with E-state index in [2.05, 4.69) is 5.10 Å². The van der Waals surface area contributed by atoms with Crippen LogP contribution in [0.4, 0.5) is 4.39 Å². The van der Waals surface area contributed by atoms with Gasteiger partial charge in [-0.25, -0.2) is 4.39 Å². The molecule has 19 heavy (non-hydrogen) atoms. The van der Waals surface area contributed by atoms with Gasteiger partial charge in [-0.1, -0.05) is 30.7 Å². The summed E-state index contributed by atoms with van der Waals surface area (Å²) >= 11 is 5.77. The van der Waals surface area contributed by atoms with E-state index in [1.165, 1.54) is 6.07 Å². The molecule has 0 bridgehead atoms. The number of hydrogen-bond donors (Lipinski definition) is 1. The Morgan fingerprint density at radius 1 is 1.47 bits per heavy atom. The van der Waals surface area contributed by atoms with Crippen molar-refractivity contribution in [1.29, 1.82) is 0 Å². The van der Waals surface area contributed by atoms with Crippen LogP contribution in [0.5, 0.6) is 0 Å². The lowest BCUT2D eigenvalue weighted by Gasteiger charge is -2.13. The highest BCUT2D eigenvalue weighted by Gasteiger charge is 2.16. The summed E-state index contributed by atoms with van der Waals surface area (Å²) in [5, 5.41) is 4.48. The van der Waals surface area contributed by atoms with Crippen molar-refractivity contribution in [3.63, 3.8) is 0 Å². The Morgan fingerprint density at radius 3 is 2.84 bits per heavy atom. The largest absolute Gasteiger partial charge is 0.322 e. The van der Waals surface area contributed by atoms with Crippen molar-refractivity contribution in [2.45, 2.75) is 25.8 Å². The van der Waals surface area contributed by atoms with Gasteiger partial charge in [0.2, 0.25) is 0 Å². The molecule has 0 saturated carbocycles. The molecule has 0 amide bonds. The number of benzene rings is 1. The van der Waals surface area contributed by atoms with Crippen LogP contribution in [0, 0.1) is 5.82 Å². The van der Waals surface area contributed by atoms with Gasteiger partial charge in [-0.15, -0.1) is 0 Å². The third kappa shape index (κ3) is 2.96. The topological polar surface area (TPSA) is 43.8 Å². The Hall–Kier alpha value is -1.39. The van der Waals surface area contributed by atoms with E-state index in [9.17, 15) is 4.39 Å². The van der Waals surface area contributed by atoms with Crippen molar-refractivity contribution in [2.24, 2.45) is 12.8 Å². The minimum absolute atomic E-state index is 0.129. The van der Waals surface area contributed by atoms with Crippen LogP contribution in [0.15, 0.2) is 24.3 Å². The maximum absolute atomic E-state index is 13.8. The monoisotopic (exact) mass is 281 g/mol. The van der Waals surface area contributed by atoms with Gasteiger partial charge < -0.3 is 5.73 Å². The molecule has 1 unspecified atom stereocenters. The fraction of sp³-hybridized carbons (Fsp3) is 0.357. The summed E-state index contributed by atoms with van der Waals surface area (Å²) in [5.74, 6) is -0.391. The molecule has 0 aliphatic rings. The van der Waals surface area contributed by atoms with Gasteiger partial charge in [0.25, 0.3) is 0 Å². The van der Waals surface area contributed by atoms with E-state index in [1.807, 2.05) is 20.0 Å². The van der Waals surface area contributed by atoms with Gasteiger partial charge in [0.05, 0.1) is 22.5 Å². The first-order chi connectivity index (χ1) is 9.02. The average molecular weight is 282 g/mol. The highest BCUT2D eigenvalue weighted by Crippen LogP contribution is 2.23. The molecule has 2 rings (SSSR count). The first-order valence-corrected chi connectivity index (χ1v) is 6.62. The molecule has 0 aliphatic heterocycles. The second-order valence-electron chi connectivity index (χ2n) is 4.56. The molecule has 1 aromatic heterocycles. The van der Waals surface area contributed by atoms with Crippen LogP contribution in [-0.4, -0.2) is 9.78 Å². The lowest BCUT2D eigenvalue weighted by atomic mass is 10.0. The highest BCUT2D eigenvalue weighted by molar-refractivity contribution is 6.30. The molecule has 0 spiro atoms. The molecule has 2 N–H and O–H groups in total. The number of nitrogens with two attached hydrogens (primary N) is 1. The smallest absolute Gasteiger partial charge is 0.145 e. The zero-order chi connectivity index (χ0) is 14.0. The van der Waals surface area contributed by atoms with Crippen molar-refractivity contribution >= 4 is 11.6 Å². The summed E-state index contributed by atoms with van der Waals surface area (Å²) in [5.41, 5.74) is 8.56. The Balaban J connectivity index is 2.22. The van der Waals surface area contributed by atoms with Crippen LogP contribution >= 0.6 is 11.6 Å². The average Bonchev–Trinajstić information content (AvgIpc) is 2.76. The predicted molar refractivity (Wildman–Crippen MR) is 74.6 cm³/mol. The summed E-state index contributed by atoms with van der Waals surface area (Å²) in [6, 6.07) is 6.63. The molecule has 0 saturated heterocycles. The van der Waals surface area contributed by atoms with Crippen LogP contribution in [0.25, 0.3) is 0 Å². The van der Waals surface area contributed by atoms with Gasteiger partial charge >= 0.3 is 0 Å². The molecule has 3 nitrogen and oxygen atoms in total. The molecule has 1 aromatic carbocycles. The fourth-order valence-corrected chi connectivity index (χ4v) is 2.30. The van der Waals surface area contributed by atoms with Crippen LogP contribution in [-0.2, 0) is 19.9 Å². The molecule has 5 heteroatoms. The van der Waals surface area contributed by atoms with Gasteiger partial charge in [-0.05, 0) is 30.5 Å². The molecular formula is C14H17ClFN3. The molecule has 0 radical (unpaired) electrons. The van der Waals surface area contributed by atoms with Crippen molar-refractivity contribution < 1.29 is 4.39 Å². The van der Waals surface area contributed by atoms with Crippen molar-refractivity contribution in [1.82, 2.24) is 9.78 Å². The van der Waals surface area contributed by atoms with E-state index in [-0.39, 0.29) is 11.1 Å². The molecule has 0 aliphatic carbocycles. The Bertz CT molecular complexity index is 580. The van der Waals surface area contributed by atoms with E-state index >= 15 is 0 Å². The van der Waals surface area contributed by atoms with E-state index < -0.39 is 5.82 Å². The predicted octanol–water partition coefficient (Wildman–Crippen LogP) is 3.02. The maximum Gasteiger partial charge on any atom is 0.145 e. The van der Waals surface area contributed by atoms with Crippen LogP contribution < -0.4 is 5.73 Å². The number of nitrogens with zero attached hydrogens (tertiary/aromatic N) is 2. The van der Waals surface area contributed by atoms with Gasteiger partial charge in [-0.3, -0.25) is 4.68 Å². The standard InChI is InChI=1S/C14H17ClFN3/c1-3-10-8-13(19(2)18-10)12(17)7-9-5-4-6-11(15)14(9)16/h4-6,8,12H,3,7,17H2,1-2H3. The summed E-state index contributed by atoms with van der Waals surface area (Å²) in [4.78, 5) is 0. The minimum atomic E-state index is -0.391. The number of aromatic nitrogens is 2. The third-order valence-electron chi connectivity index (χ3n) is 3.18. The fourth-order valence-electron chi connectivity index (χ4n) is 2.11. The van der Waals surface area contributed by atoms with Crippen molar-refractivity contribution in [3.05, 3.63) is 52.1 Å². The highest BCUT2D eigenvalue weighted by atomic mass is 35.5. The van der Waals surface area contributed by atoms with E-state index in [4.69, 9.17) is 17.3 Å². The van der Waals surface area contributed by atoms with Crippen molar-refractivity contribution in [2.75, 3.05) is 0 Å². The van der Waals surface area contributed by atoms with E-state index in [1.54, 1.807) is 16.8 Å². The van der Waals surface area contributed by atoms with Gasteiger partial charge in [0.15, 0.2) is 0 Å². The second kappa shape index (κ2) is 5.72. The molecule has 2 aromatic rings. The Kier molecular flexibility index (Phi) is 4.22. The lowest BCUT2D eigenvalue weighted by molar-refractivity contribution is 0.573. The zero-order valence-electron chi connectivity index (χ0n) is 11.0.